The number of aromatic nitrogens is 2. The molecular weight excluding hydrogens is 368 g/mol. The van der Waals surface area contributed by atoms with Crippen LogP contribution in [0.15, 0.2) is 60.9 Å². The molecule has 0 aliphatic heterocycles. The van der Waals surface area contributed by atoms with Gasteiger partial charge in [0.1, 0.15) is 0 Å². The normalized spacial score (nSPS) is 10.5. The Labute approximate surface area is 169 Å². The lowest BCUT2D eigenvalue weighted by Gasteiger charge is -2.09. The first-order chi connectivity index (χ1) is 14.0. The van der Waals surface area contributed by atoms with Crippen molar-refractivity contribution in [2.75, 3.05) is 17.7 Å². The van der Waals surface area contributed by atoms with Crippen LogP contribution in [0.2, 0.25) is 0 Å². The van der Waals surface area contributed by atoms with E-state index in [1.54, 1.807) is 24.3 Å². The Morgan fingerprint density at radius 3 is 2.00 bits per heavy atom. The number of carbonyl (C=O) groups is 2. The van der Waals surface area contributed by atoms with Crippen molar-refractivity contribution in [3.63, 3.8) is 0 Å². The van der Waals surface area contributed by atoms with E-state index in [9.17, 15) is 9.59 Å². The summed E-state index contributed by atoms with van der Waals surface area (Å²) in [5, 5.41) is 5.85. The molecule has 7 nitrogen and oxygen atoms in total. The number of hydrogen-bond donors (Lipinski definition) is 2. The molecule has 1 amide bonds. The molecule has 0 fully saturated rings. The first-order valence-electron chi connectivity index (χ1n) is 9.15. The SMILES string of the molecule is COC(=O)c1ccc(Nc2ncc(C(=O)Nc3ccc(C(C)C)cc3)cn2)cc1. The summed E-state index contributed by atoms with van der Waals surface area (Å²) in [6.07, 6.45) is 2.91. The first-order valence-corrected chi connectivity index (χ1v) is 9.15. The number of nitrogens with zero attached hydrogens (tertiary/aromatic N) is 2. The average molecular weight is 390 g/mol. The second-order valence-corrected chi connectivity index (χ2v) is 6.72. The van der Waals surface area contributed by atoms with Crippen LogP contribution < -0.4 is 10.6 Å². The van der Waals surface area contributed by atoms with Gasteiger partial charge in [0.15, 0.2) is 0 Å². The van der Waals surface area contributed by atoms with Crippen LogP contribution in [0.4, 0.5) is 17.3 Å². The van der Waals surface area contributed by atoms with E-state index in [4.69, 9.17) is 0 Å². The fourth-order valence-corrected chi connectivity index (χ4v) is 2.60. The van der Waals surface area contributed by atoms with E-state index in [2.05, 4.69) is 39.2 Å². The van der Waals surface area contributed by atoms with Gasteiger partial charge >= 0.3 is 5.97 Å². The summed E-state index contributed by atoms with van der Waals surface area (Å²) in [7, 11) is 1.33. The maximum absolute atomic E-state index is 12.4. The number of anilines is 3. The Hall–Kier alpha value is -3.74. The van der Waals surface area contributed by atoms with Gasteiger partial charge in [-0.2, -0.15) is 0 Å². The maximum Gasteiger partial charge on any atom is 0.337 e. The number of benzene rings is 2. The smallest absolute Gasteiger partial charge is 0.337 e. The molecule has 3 aromatic rings. The van der Waals surface area contributed by atoms with Gasteiger partial charge in [0.2, 0.25) is 5.95 Å². The molecule has 2 aromatic carbocycles. The van der Waals surface area contributed by atoms with E-state index in [-0.39, 0.29) is 5.91 Å². The second kappa shape index (κ2) is 8.97. The van der Waals surface area contributed by atoms with Gasteiger partial charge in [-0.1, -0.05) is 26.0 Å². The zero-order chi connectivity index (χ0) is 20.8. The summed E-state index contributed by atoms with van der Waals surface area (Å²) in [5.74, 6) is 0.0943. The average Bonchev–Trinajstić information content (AvgIpc) is 2.74. The molecule has 0 spiro atoms. The second-order valence-electron chi connectivity index (χ2n) is 6.72. The van der Waals surface area contributed by atoms with Crippen molar-refractivity contribution in [2.24, 2.45) is 0 Å². The number of amides is 1. The van der Waals surface area contributed by atoms with Crippen LogP contribution >= 0.6 is 0 Å². The summed E-state index contributed by atoms with van der Waals surface area (Å²) in [6.45, 7) is 4.24. The highest BCUT2D eigenvalue weighted by Gasteiger charge is 2.09. The van der Waals surface area contributed by atoms with E-state index in [0.717, 1.165) is 0 Å². The van der Waals surface area contributed by atoms with Gasteiger partial charge in [0.25, 0.3) is 5.91 Å². The van der Waals surface area contributed by atoms with Crippen molar-refractivity contribution >= 4 is 29.2 Å². The molecule has 0 unspecified atom stereocenters. The third-order valence-corrected chi connectivity index (χ3v) is 4.31. The van der Waals surface area contributed by atoms with E-state index >= 15 is 0 Å². The Kier molecular flexibility index (Phi) is 6.19. The van der Waals surface area contributed by atoms with E-state index in [0.29, 0.717) is 34.4 Å². The summed E-state index contributed by atoms with van der Waals surface area (Å²) in [4.78, 5) is 32.2. The van der Waals surface area contributed by atoms with Crippen LogP contribution in [0, 0.1) is 0 Å². The standard InChI is InChI=1S/C22H22N4O3/c1-14(2)15-4-8-18(9-5-15)25-20(27)17-12-23-22(24-13-17)26-19-10-6-16(7-11-19)21(28)29-3/h4-14H,1-3H3,(H,25,27)(H,23,24,26). The molecule has 0 radical (unpaired) electrons. The highest BCUT2D eigenvalue weighted by molar-refractivity contribution is 6.03. The quantitative estimate of drug-likeness (QED) is 0.607. The van der Waals surface area contributed by atoms with Gasteiger partial charge < -0.3 is 15.4 Å². The first kappa shape index (κ1) is 20.0. The van der Waals surface area contributed by atoms with Crippen LogP contribution in [0.25, 0.3) is 0 Å². The molecule has 148 valence electrons. The van der Waals surface area contributed by atoms with Crippen molar-refractivity contribution in [1.29, 1.82) is 0 Å². The predicted octanol–water partition coefficient (Wildman–Crippen LogP) is 4.38. The van der Waals surface area contributed by atoms with Crippen molar-refractivity contribution < 1.29 is 14.3 Å². The third-order valence-electron chi connectivity index (χ3n) is 4.31. The van der Waals surface area contributed by atoms with Crippen LogP contribution in [0.1, 0.15) is 46.0 Å². The number of esters is 1. The molecular formula is C22H22N4O3. The summed E-state index contributed by atoms with van der Waals surface area (Å²) in [6, 6.07) is 14.5. The van der Waals surface area contributed by atoms with E-state index in [1.165, 1.54) is 25.1 Å². The minimum absolute atomic E-state index is 0.281. The molecule has 1 heterocycles. The Balaban J connectivity index is 1.61. The Morgan fingerprint density at radius 2 is 1.45 bits per heavy atom. The summed E-state index contributed by atoms with van der Waals surface area (Å²) >= 11 is 0. The van der Waals surface area contributed by atoms with Gasteiger partial charge in [-0.25, -0.2) is 14.8 Å². The number of carbonyl (C=O) groups excluding carboxylic acids is 2. The number of methoxy groups -OCH3 is 1. The summed E-state index contributed by atoms with van der Waals surface area (Å²) in [5.41, 5.74) is 3.44. The fourth-order valence-electron chi connectivity index (χ4n) is 2.60. The van der Waals surface area contributed by atoms with Gasteiger partial charge in [0.05, 0.1) is 18.2 Å². The van der Waals surface area contributed by atoms with E-state index in [1.807, 2.05) is 24.3 Å². The highest BCUT2D eigenvalue weighted by atomic mass is 16.5. The predicted molar refractivity (Wildman–Crippen MR) is 112 cm³/mol. The zero-order valence-corrected chi connectivity index (χ0v) is 16.5. The number of hydrogen-bond acceptors (Lipinski definition) is 6. The molecule has 0 saturated carbocycles. The molecule has 0 atom stereocenters. The molecule has 0 bridgehead atoms. The third kappa shape index (κ3) is 5.16. The topological polar surface area (TPSA) is 93.2 Å². The number of nitrogens with one attached hydrogen (secondary N) is 2. The molecule has 7 heteroatoms. The Bertz CT molecular complexity index is 982. The van der Waals surface area contributed by atoms with Crippen LogP contribution in [0.3, 0.4) is 0 Å². The minimum Gasteiger partial charge on any atom is -0.465 e. The van der Waals surface area contributed by atoms with Crippen LogP contribution in [-0.4, -0.2) is 29.0 Å². The monoisotopic (exact) mass is 390 g/mol. The molecule has 0 saturated heterocycles. The highest BCUT2D eigenvalue weighted by Crippen LogP contribution is 2.18. The summed E-state index contributed by atoms with van der Waals surface area (Å²) < 4.78 is 4.67. The lowest BCUT2D eigenvalue weighted by Crippen LogP contribution is -2.13. The molecule has 29 heavy (non-hydrogen) atoms. The van der Waals surface area contributed by atoms with Crippen LogP contribution in [0.5, 0.6) is 0 Å². The zero-order valence-electron chi connectivity index (χ0n) is 16.5. The lowest BCUT2D eigenvalue weighted by atomic mass is 10.0. The minimum atomic E-state index is -0.401. The van der Waals surface area contributed by atoms with Crippen molar-refractivity contribution in [2.45, 2.75) is 19.8 Å². The maximum atomic E-state index is 12.4. The molecule has 0 aliphatic carbocycles. The van der Waals surface area contributed by atoms with Gasteiger partial charge in [-0.05, 0) is 47.9 Å². The van der Waals surface area contributed by atoms with Crippen molar-refractivity contribution in [1.82, 2.24) is 9.97 Å². The van der Waals surface area contributed by atoms with E-state index < -0.39 is 5.97 Å². The van der Waals surface area contributed by atoms with Gasteiger partial charge in [-0.15, -0.1) is 0 Å². The van der Waals surface area contributed by atoms with Gasteiger partial charge in [-0.3, -0.25) is 4.79 Å². The molecule has 1 aromatic heterocycles. The molecule has 0 aliphatic rings. The lowest BCUT2D eigenvalue weighted by molar-refractivity contribution is 0.0600. The Morgan fingerprint density at radius 1 is 0.862 bits per heavy atom. The fraction of sp³-hybridized carbons (Fsp3) is 0.182. The van der Waals surface area contributed by atoms with Gasteiger partial charge in [0, 0.05) is 23.8 Å². The molecule has 2 N–H and O–H groups in total. The number of ether oxygens (including phenoxy) is 1. The largest absolute Gasteiger partial charge is 0.465 e. The number of rotatable bonds is 6. The van der Waals surface area contributed by atoms with Crippen LogP contribution in [-0.2, 0) is 4.74 Å². The molecule has 3 rings (SSSR count). The van der Waals surface area contributed by atoms with Crippen molar-refractivity contribution in [3.8, 4) is 0 Å². The van der Waals surface area contributed by atoms with Crippen molar-refractivity contribution in [3.05, 3.63) is 77.6 Å².